The molecule has 1 aromatic heterocycles. The molecule has 1 heterocycles. The van der Waals surface area contributed by atoms with Gasteiger partial charge in [0, 0.05) is 11.8 Å². The second-order valence-electron chi connectivity index (χ2n) is 4.76. The Balaban J connectivity index is 2.10. The Morgan fingerprint density at radius 3 is 2.65 bits per heavy atom. The number of carbonyl (C=O) groups is 1. The highest BCUT2D eigenvalue weighted by Crippen LogP contribution is 2.20. The third-order valence-electron chi connectivity index (χ3n) is 2.97. The number of nitrogens with zero attached hydrogens (tertiary/aromatic N) is 1. The van der Waals surface area contributed by atoms with Gasteiger partial charge in [-0.3, -0.25) is 4.79 Å². The minimum Gasteiger partial charge on any atom is -0.496 e. The number of methoxy groups -OCH3 is 1. The summed E-state index contributed by atoms with van der Waals surface area (Å²) in [5, 5.41) is 2.80. The number of amides is 1. The van der Waals surface area contributed by atoms with Gasteiger partial charge in [0.25, 0.3) is 0 Å². The lowest BCUT2D eigenvalue weighted by Gasteiger charge is -2.10. The molecule has 0 spiro atoms. The summed E-state index contributed by atoms with van der Waals surface area (Å²) in [6.07, 6.45) is 1.94. The molecule has 0 atom stereocenters. The van der Waals surface area contributed by atoms with E-state index < -0.39 is 0 Å². The average molecular weight is 270 g/mol. The van der Waals surface area contributed by atoms with Gasteiger partial charge in [0.1, 0.15) is 11.6 Å². The van der Waals surface area contributed by atoms with Gasteiger partial charge < -0.3 is 10.1 Å². The van der Waals surface area contributed by atoms with Crippen LogP contribution in [-0.2, 0) is 11.2 Å². The first kappa shape index (κ1) is 14.1. The summed E-state index contributed by atoms with van der Waals surface area (Å²) in [5.74, 6) is 1.19. The van der Waals surface area contributed by atoms with Crippen LogP contribution in [0.1, 0.15) is 16.7 Å². The van der Waals surface area contributed by atoms with Crippen molar-refractivity contribution in [2.75, 3.05) is 12.4 Å². The predicted octanol–water partition coefficient (Wildman–Crippen LogP) is 2.89. The van der Waals surface area contributed by atoms with E-state index in [1.165, 1.54) is 0 Å². The maximum atomic E-state index is 12.1. The minimum atomic E-state index is -0.105. The molecule has 0 saturated heterocycles. The van der Waals surface area contributed by atoms with Gasteiger partial charge in [0.05, 0.1) is 13.5 Å². The first-order valence-corrected chi connectivity index (χ1v) is 6.44. The summed E-state index contributed by atoms with van der Waals surface area (Å²) in [5.41, 5.74) is 3.03. The van der Waals surface area contributed by atoms with Crippen LogP contribution in [0.3, 0.4) is 0 Å². The fourth-order valence-corrected chi connectivity index (χ4v) is 2.01. The minimum absolute atomic E-state index is 0.105. The van der Waals surface area contributed by atoms with Crippen LogP contribution in [0.25, 0.3) is 0 Å². The summed E-state index contributed by atoms with van der Waals surface area (Å²) >= 11 is 0. The van der Waals surface area contributed by atoms with Crippen molar-refractivity contribution in [3.8, 4) is 5.75 Å². The number of rotatable bonds is 4. The molecular formula is C16H18N2O2. The third kappa shape index (κ3) is 3.57. The number of anilines is 1. The van der Waals surface area contributed by atoms with Gasteiger partial charge in [0.15, 0.2) is 0 Å². The Kier molecular flexibility index (Phi) is 4.35. The zero-order valence-electron chi connectivity index (χ0n) is 11.9. The summed E-state index contributed by atoms with van der Waals surface area (Å²) in [6, 6.07) is 9.53. The van der Waals surface area contributed by atoms with Crippen LogP contribution in [0, 0.1) is 13.8 Å². The van der Waals surface area contributed by atoms with E-state index in [-0.39, 0.29) is 12.3 Å². The van der Waals surface area contributed by atoms with E-state index in [9.17, 15) is 4.79 Å². The fourth-order valence-electron chi connectivity index (χ4n) is 2.01. The molecule has 4 heteroatoms. The molecule has 1 aromatic carbocycles. The van der Waals surface area contributed by atoms with Crippen molar-refractivity contribution < 1.29 is 9.53 Å². The van der Waals surface area contributed by atoms with E-state index >= 15 is 0 Å². The zero-order valence-corrected chi connectivity index (χ0v) is 11.9. The van der Waals surface area contributed by atoms with E-state index in [1.54, 1.807) is 13.3 Å². The normalized spacial score (nSPS) is 10.2. The molecule has 2 rings (SSSR count). The lowest BCUT2D eigenvalue weighted by Crippen LogP contribution is -2.16. The van der Waals surface area contributed by atoms with Gasteiger partial charge in [-0.25, -0.2) is 4.98 Å². The highest BCUT2D eigenvalue weighted by Gasteiger charge is 2.10. The van der Waals surface area contributed by atoms with Crippen molar-refractivity contribution in [2.45, 2.75) is 20.3 Å². The second kappa shape index (κ2) is 6.19. The maximum absolute atomic E-state index is 12.1. The lowest BCUT2D eigenvalue weighted by atomic mass is 10.1. The van der Waals surface area contributed by atoms with Crippen molar-refractivity contribution in [3.05, 3.63) is 53.2 Å². The zero-order chi connectivity index (χ0) is 14.5. The Bertz CT molecular complexity index is 624. The Morgan fingerprint density at radius 2 is 1.95 bits per heavy atom. The van der Waals surface area contributed by atoms with Crippen molar-refractivity contribution in [1.82, 2.24) is 4.98 Å². The van der Waals surface area contributed by atoms with Gasteiger partial charge >= 0.3 is 0 Å². The van der Waals surface area contributed by atoms with Crippen LogP contribution in [0.15, 0.2) is 36.5 Å². The number of benzene rings is 1. The van der Waals surface area contributed by atoms with Crippen molar-refractivity contribution >= 4 is 11.7 Å². The second-order valence-corrected chi connectivity index (χ2v) is 4.76. The standard InChI is InChI=1S/C16H18N2O2/c1-11-4-5-14(20-3)13(8-11)10-16(19)18-15-9-12(2)6-7-17-15/h4-9H,10H2,1-3H3,(H,17,18,19). The number of carbonyl (C=O) groups excluding carboxylic acids is 1. The van der Waals surface area contributed by atoms with Crippen molar-refractivity contribution in [1.29, 1.82) is 0 Å². The molecule has 0 bridgehead atoms. The molecule has 0 unspecified atom stereocenters. The van der Waals surface area contributed by atoms with E-state index in [4.69, 9.17) is 4.74 Å². The molecule has 0 aliphatic heterocycles. The number of pyridine rings is 1. The highest BCUT2D eigenvalue weighted by molar-refractivity contribution is 5.91. The number of hydrogen-bond acceptors (Lipinski definition) is 3. The Labute approximate surface area is 118 Å². The van der Waals surface area contributed by atoms with Crippen LogP contribution < -0.4 is 10.1 Å². The lowest BCUT2D eigenvalue weighted by molar-refractivity contribution is -0.115. The molecule has 1 N–H and O–H groups in total. The van der Waals surface area contributed by atoms with Crippen LogP contribution in [0.5, 0.6) is 5.75 Å². The average Bonchev–Trinajstić information content (AvgIpc) is 2.38. The summed E-state index contributed by atoms with van der Waals surface area (Å²) in [7, 11) is 1.61. The number of nitrogens with one attached hydrogen (secondary N) is 1. The summed E-state index contributed by atoms with van der Waals surface area (Å²) in [6.45, 7) is 3.95. The van der Waals surface area contributed by atoms with Crippen LogP contribution in [0.4, 0.5) is 5.82 Å². The van der Waals surface area contributed by atoms with Crippen LogP contribution >= 0.6 is 0 Å². The molecule has 2 aromatic rings. The molecule has 104 valence electrons. The van der Waals surface area contributed by atoms with Gasteiger partial charge in [-0.2, -0.15) is 0 Å². The largest absolute Gasteiger partial charge is 0.496 e. The van der Waals surface area contributed by atoms with Gasteiger partial charge in [0.2, 0.25) is 5.91 Å². The van der Waals surface area contributed by atoms with E-state index in [0.29, 0.717) is 5.82 Å². The van der Waals surface area contributed by atoms with Gasteiger partial charge in [-0.1, -0.05) is 17.7 Å². The number of aryl methyl sites for hydroxylation is 2. The van der Waals surface area contributed by atoms with E-state index in [2.05, 4.69) is 10.3 Å². The van der Waals surface area contributed by atoms with Crippen molar-refractivity contribution in [2.24, 2.45) is 0 Å². The maximum Gasteiger partial charge on any atom is 0.230 e. The smallest absolute Gasteiger partial charge is 0.230 e. The third-order valence-corrected chi connectivity index (χ3v) is 2.97. The molecule has 4 nitrogen and oxygen atoms in total. The first-order valence-electron chi connectivity index (χ1n) is 6.44. The molecule has 0 aliphatic rings. The molecule has 1 amide bonds. The monoisotopic (exact) mass is 270 g/mol. The molecular weight excluding hydrogens is 252 g/mol. The highest BCUT2D eigenvalue weighted by atomic mass is 16.5. The quantitative estimate of drug-likeness (QED) is 0.929. The number of ether oxygens (including phenoxy) is 1. The topological polar surface area (TPSA) is 51.2 Å². The molecule has 0 fully saturated rings. The molecule has 0 radical (unpaired) electrons. The van der Waals surface area contributed by atoms with Crippen molar-refractivity contribution in [3.63, 3.8) is 0 Å². The summed E-state index contributed by atoms with van der Waals surface area (Å²) < 4.78 is 5.27. The van der Waals surface area contributed by atoms with Crippen LogP contribution in [0.2, 0.25) is 0 Å². The fraction of sp³-hybridized carbons (Fsp3) is 0.250. The molecule has 0 aliphatic carbocycles. The van der Waals surface area contributed by atoms with E-state index in [1.807, 2.05) is 44.2 Å². The van der Waals surface area contributed by atoms with E-state index in [0.717, 1.165) is 22.4 Å². The van der Waals surface area contributed by atoms with Gasteiger partial charge in [-0.05, 0) is 37.6 Å². The van der Waals surface area contributed by atoms with Gasteiger partial charge in [-0.15, -0.1) is 0 Å². The SMILES string of the molecule is COc1ccc(C)cc1CC(=O)Nc1cc(C)ccn1. The molecule has 20 heavy (non-hydrogen) atoms. The Hall–Kier alpha value is -2.36. The number of hydrogen-bond donors (Lipinski definition) is 1. The summed E-state index contributed by atoms with van der Waals surface area (Å²) in [4.78, 5) is 16.2. The first-order chi connectivity index (χ1) is 9.58. The van der Waals surface area contributed by atoms with Crippen LogP contribution in [-0.4, -0.2) is 18.0 Å². The predicted molar refractivity (Wildman–Crippen MR) is 79.0 cm³/mol. The Morgan fingerprint density at radius 1 is 1.20 bits per heavy atom. The number of aromatic nitrogens is 1. The molecule has 0 saturated carbocycles.